The van der Waals surface area contributed by atoms with Gasteiger partial charge in [-0.05, 0) is 62.7 Å². The van der Waals surface area contributed by atoms with Gasteiger partial charge in [-0.1, -0.05) is 11.6 Å². The minimum atomic E-state index is -0.247. The number of hydrogen-bond acceptors (Lipinski definition) is 3. The van der Waals surface area contributed by atoms with Gasteiger partial charge in [0.25, 0.3) is 5.91 Å². The number of carbonyl (C=O) groups excluding carboxylic acids is 1. The summed E-state index contributed by atoms with van der Waals surface area (Å²) in [6, 6.07) is 10.3. The molecule has 2 aromatic rings. The average molecular weight is 319 g/mol. The van der Waals surface area contributed by atoms with E-state index in [2.05, 4.69) is 5.32 Å². The number of rotatable bonds is 4. The van der Waals surface area contributed by atoms with Crippen LogP contribution in [0, 0.1) is 6.92 Å². The van der Waals surface area contributed by atoms with Crippen molar-refractivity contribution in [2.45, 2.75) is 26.9 Å². The molecule has 0 fully saturated rings. The lowest BCUT2D eigenvalue weighted by Gasteiger charge is -2.12. The third-order valence-corrected chi connectivity index (χ3v) is 3.47. The Morgan fingerprint density at radius 3 is 2.45 bits per heavy atom. The van der Waals surface area contributed by atoms with E-state index in [1.54, 1.807) is 36.4 Å². The van der Waals surface area contributed by atoms with Crippen molar-refractivity contribution < 1.29 is 9.53 Å². The zero-order valence-corrected chi connectivity index (χ0v) is 13.6. The van der Waals surface area contributed by atoms with E-state index < -0.39 is 0 Å². The zero-order chi connectivity index (χ0) is 16.3. The summed E-state index contributed by atoms with van der Waals surface area (Å²) in [6.45, 7) is 5.76. The summed E-state index contributed by atoms with van der Waals surface area (Å²) in [5, 5.41) is 3.33. The molecule has 0 aromatic heterocycles. The highest BCUT2D eigenvalue weighted by molar-refractivity contribution is 6.32. The number of nitrogens with two attached hydrogens (primary N) is 1. The highest BCUT2D eigenvalue weighted by Crippen LogP contribution is 2.27. The van der Waals surface area contributed by atoms with Gasteiger partial charge < -0.3 is 15.8 Å². The molecule has 0 heterocycles. The van der Waals surface area contributed by atoms with Crippen LogP contribution in [0.4, 0.5) is 11.4 Å². The third kappa shape index (κ3) is 3.92. The minimum Gasteiger partial charge on any atom is -0.491 e. The summed E-state index contributed by atoms with van der Waals surface area (Å²) in [6.07, 6.45) is 0.0918. The summed E-state index contributed by atoms with van der Waals surface area (Å²) < 4.78 is 5.55. The van der Waals surface area contributed by atoms with Gasteiger partial charge in [0.2, 0.25) is 0 Å². The molecule has 1 amide bonds. The van der Waals surface area contributed by atoms with E-state index in [1.165, 1.54) is 0 Å². The molecule has 3 N–H and O–H groups in total. The van der Waals surface area contributed by atoms with Crippen LogP contribution < -0.4 is 15.8 Å². The maximum atomic E-state index is 12.2. The number of halogens is 1. The lowest BCUT2D eigenvalue weighted by molar-refractivity contribution is 0.102. The molecule has 0 aliphatic carbocycles. The van der Waals surface area contributed by atoms with Crippen LogP contribution in [0.2, 0.25) is 5.02 Å². The fourth-order valence-electron chi connectivity index (χ4n) is 1.96. The first kappa shape index (κ1) is 16.2. The van der Waals surface area contributed by atoms with Crippen LogP contribution in [-0.4, -0.2) is 12.0 Å². The van der Waals surface area contributed by atoms with Gasteiger partial charge in [-0.3, -0.25) is 4.79 Å². The van der Waals surface area contributed by atoms with E-state index in [-0.39, 0.29) is 12.0 Å². The van der Waals surface area contributed by atoms with Gasteiger partial charge in [0.1, 0.15) is 5.75 Å². The van der Waals surface area contributed by atoms with Crippen molar-refractivity contribution >= 4 is 28.9 Å². The Balaban J connectivity index is 2.14. The summed E-state index contributed by atoms with van der Waals surface area (Å²) in [7, 11) is 0. The lowest BCUT2D eigenvalue weighted by atomic mass is 10.1. The van der Waals surface area contributed by atoms with Gasteiger partial charge in [0.15, 0.2) is 0 Å². The number of benzene rings is 2. The van der Waals surface area contributed by atoms with Crippen LogP contribution in [0.3, 0.4) is 0 Å². The van der Waals surface area contributed by atoms with Crippen LogP contribution in [0.5, 0.6) is 5.75 Å². The molecule has 0 atom stereocenters. The second-order valence-electron chi connectivity index (χ2n) is 5.33. The largest absolute Gasteiger partial charge is 0.491 e. The third-order valence-electron chi connectivity index (χ3n) is 3.07. The fraction of sp³-hybridized carbons (Fsp3) is 0.235. The Morgan fingerprint density at radius 2 is 1.86 bits per heavy atom. The number of ether oxygens (including phenoxy) is 1. The SMILES string of the molecule is Cc1cc(N)c(NC(=O)c2ccc(OC(C)C)cc2)cc1Cl. The molecule has 0 saturated carbocycles. The predicted octanol–water partition coefficient (Wildman–Crippen LogP) is 4.27. The molecule has 0 unspecified atom stereocenters. The lowest BCUT2D eigenvalue weighted by Crippen LogP contribution is -2.13. The number of nitrogens with one attached hydrogen (secondary N) is 1. The molecule has 0 saturated heterocycles. The first-order chi connectivity index (χ1) is 10.4. The normalized spacial score (nSPS) is 10.6. The Bertz CT molecular complexity index is 682. The molecule has 0 radical (unpaired) electrons. The van der Waals surface area contributed by atoms with Crippen molar-refractivity contribution in [2.24, 2.45) is 0 Å². The Labute approximate surface area is 135 Å². The minimum absolute atomic E-state index is 0.0918. The number of carbonyl (C=O) groups is 1. The second kappa shape index (κ2) is 6.71. The Kier molecular flexibility index (Phi) is 4.93. The molecule has 0 aliphatic rings. The fourth-order valence-corrected chi connectivity index (χ4v) is 2.13. The highest BCUT2D eigenvalue weighted by atomic mass is 35.5. The molecule has 116 valence electrons. The van der Waals surface area contributed by atoms with Crippen LogP contribution in [0.15, 0.2) is 36.4 Å². The van der Waals surface area contributed by atoms with Crippen molar-refractivity contribution in [3.8, 4) is 5.75 Å². The second-order valence-corrected chi connectivity index (χ2v) is 5.74. The van der Waals surface area contributed by atoms with E-state index in [1.807, 2.05) is 20.8 Å². The molecule has 0 spiro atoms. The molecule has 0 aliphatic heterocycles. The van der Waals surface area contributed by atoms with Crippen molar-refractivity contribution in [1.82, 2.24) is 0 Å². The quantitative estimate of drug-likeness (QED) is 0.827. The predicted molar refractivity (Wildman–Crippen MR) is 90.8 cm³/mol. The standard InChI is InChI=1S/C17H19ClN2O2/c1-10(2)22-13-6-4-12(5-7-13)17(21)20-16-9-14(18)11(3)8-15(16)19/h4-10H,19H2,1-3H3,(H,20,21). The number of hydrogen-bond donors (Lipinski definition) is 2. The van der Waals surface area contributed by atoms with E-state index in [0.717, 1.165) is 11.3 Å². The summed E-state index contributed by atoms with van der Waals surface area (Å²) in [5.41, 5.74) is 8.28. The molecule has 22 heavy (non-hydrogen) atoms. The smallest absolute Gasteiger partial charge is 0.255 e. The van der Waals surface area contributed by atoms with Crippen molar-refractivity contribution in [3.05, 3.63) is 52.5 Å². The van der Waals surface area contributed by atoms with Crippen molar-refractivity contribution in [3.63, 3.8) is 0 Å². The molecular formula is C17H19ClN2O2. The van der Waals surface area contributed by atoms with E-state index in [9.17, 15) is 4.79 Å². The number of aryl methyl sites for hydroxylation is 1. The van der Waals surface area contributed by atoms with E-state index in [4.69, 9.17) is 22.1 Å². The molecule has 2 rings (SSSR count). The summed E-state index contributed by atoms with van der Waals surface area (Å²) in [5.74, 6) is 0.479. The molecule has 5 heteroatoms. The van der Waals surface area contributed by atoms with Gasteiger partial charge >= 0.3 is 0 Å². The van der Waals surface area contributed by atoms with Crippen LogP contribution in [0.1, 0.15) is 29.8 Å². The summed E-state index contributed by atoms with van der Waals surface area (Å²) >= 11 is 6.06. The van der Waals surface area contributed by atoms with Gasteiger partial charge in [-0.15, -0.1) is 0 Å². The monoisotopic (exact) mass is 318 g/mol. The van der Waals surface area contributed by atoms with Crippen LogP contribution in [0.25, 0.3) is 0 Å². The molecule has 2 aromatic carbocycles. The first-order valence-corrected chi connectivity index (χ1v) is 7.38. The van der Waals surface area contributed by atoms with Crippen molar-refractivity contribution in [2.75, 3.05) is 11.1 Å². The van der Waals surface area contributed by atoms with Gasteiger partial charge in [0.05, 0.1) is 17.5 Å². The highest BCUT2D eigenvalue weighted by Gasteiger charge is 2.10. The van der Waals surface area contributed by atoms with Crippen molar-refractivity contribution in [1.29, 1.82) is 0 Å². The van der Waals surface area contributed by atoms with E-state index in [0.29, 0.717) is 22.0 Å². The van der Waals surface area contributed by atoms with Gasteiger partial charge in [0, 0.05) is 10.6 Å². The maximum Gasteiger partial charge on any atom is 0.255 e. The summed E-state index contributed by atoms with van der Waals surface area (Å²) in [4.78, 5) is 12.2. The molecule has 4 nitrogen and oxygen atoms in total. The molecule has 0 bridgehead atoms. The van der Waals surface area contributed by atoms with Gasteiger partial charge in [-0.25, -0.2) is 0 Å². The topological polar surface area (TPSA) is 64.3 Å². The molecular weight excluding hydrogens is 300 g/mol. The maximum absolute atomic E-state index is 12.2. The Hall–Kier alpha value is -2.20. The number of amides is 1. The average Bonchev–Trinajstić information content (AvgIpc) is 2.44. The zero-order valence-electron chi connectivity index (χ0n) is 12.8. The Morgan fingerprint density at radius 1 is 1.23 bits per heavy atom. The van der Waals surface area contributed by atoms with E-state index >= 15 is 0 Å². The number of anilines is 2. The number of nitrogen functional groups attached to an aromatic ring is 1. The van der Waals surface area contributed by atoms with Gasteiger partial charge in [-0.2, -0.15) is 0 Å². The van der Waals surface area contributed by atoms with Crippen LogP contribution in [-0.2, 0) is 0 Å². The van der Waals surface area contributed by atoms with Crippen LogP contribution >= 0.6 is 11.6 Å². The first-order valence-electron chi connectivity index (χ1n) is 7.00.